The van der Waals surface area contributed by atoms with Crippen molar-refractivity contribution in [2.45, 2.75) is 20.0 Å². The Labute approximate surface area is 97.9 Å². The molecular formula is C12H12N4O. The van der Waals surface area contributed by atoms with E-state index in [9.17, 15) is 4.79 Å². The topological polar surface area (TPSA) is 70.7 Å². The molecule has 0 radical (unpaired) electrons. The molecule has 1 aliphatic heterocycles. The number of aromatic nitrogens is 3. The molecule has 0 amide bonds. The number of fused-ring (bicyclic) bond motifs is 1. The molecule has 0 saturated heterocycles. The minimum absolute atomic E-state index is 0.0710. The van der Waals surface area contributed by atoms with Crippen LogP contribution in [-0.4, -0.2) is 15.0 Å². The Bertz CT molecular complexity index is 633. The van der Waals surface area contributed by atoms with Crippen LogP contribution in [0.5, 0.6) is 0 Å². The fraction of sp³-hybridized carbons (Fsp3) is 0.250. The first-order valence-electron chi connectivity index (χ1n) is 5.50. The largest absolute Gasteiger partial charge is 0.307 e. The first-order valence-corrected chi connectivity index (χ1v) is 5.50. The number of nitrogens with one attached hydrogen (secondary N) is 2. The van der Waals surface area contributed by atoms with Gasteiger partial charge in [-0.2, -0.15) is 0 Å². The summed E-state index contributed by atoms with van der Waals surface area (Å²) in [6.07, 6.45) is 1.72. The van der Waals surface area contributed by atoms with Gasteiger partial charge in [-0.25, -0.2) is 4.98 Å². The van der Waals surface area contributed by atoms with Crippen molar-refractivity contribution < 1.29 is 0 Å². The molecule has 2 aromatic rings. The van der Waals surface area contributed by atoms with E-state index in [1.165, 1.54) is 0 Å². The molecule has 0 atom stereocenters. The lowest BCUT2D eigenvalue weighted by Gasteiger charge is -2.03. The fourth-order valence-corrected chi connectivity index (χ4v) is 1.97. The Morgan fingerprint density at radius 2 is 2.24 bits per heavy atom. The number of rotatable bonds is 1. The summed E-state index contributed by atoms with van der Waals surface area (Å²) >= 11 is 0. The average molecular weight is 228 g/mol. The van der Waals surface area contributed by atoms with Gasteiger partial charge >= 0.3 is 0 Å². The van der Waals surface area contributed by atoms with E-state index in [-0.39, 0.29) is 5.56 Å². The monoisotopic (exact) mass is 228 g/mol. The highest BCUT2D eigenvalue weighted by Gasteiger charge is 2.17. The molecule has 3 heterocycles. The van der Waals surface area contributed by atoms with Crippen LogP contribution in [0.2, 0.25) is 0 Å². The van der Waals surface area contributed by atoms with E-state index in [0.717, 1.165) is 16.8 Å². The van der Waals surface area contributed by atoms with Gasteiger partial charge in [0.25, 0.3) is 5.56 Å². The predicted molar refractivity (Wildman–Crippen MR) is 63.4 cm³/mol. The van der Waals surface area contributed by atoms with Crippen LogP contribution in [0.1, 0.15) is 16.8 Å². The minimum atomic E-state index is -0.0710. The van der Waals surface area contributed by atoms with Crippen LogP contribution in [-0.2, 0) is 13.1 Å². The number of aryl methyl sites for hydroxylation is 1. The third-order valence-corrected chi connectivity index (χ3v) is 2.85. The molecule has 2 aromatic heterocycles. The van der Waals surface area contributed by atoms with E-state index in [0.29, 0.717) is 24.6 Å². The van der Waals surface area contributed by atoms with Gasteiger partial charge in [-0.3, -0.25) is 9.78 Å². The molecule has 0 bridgehead atoms. The summed E-state index contributed by atoms with van der Waals surface area (Å²) < 4.78 is 0. The minimum Gasteiger partial charge on any atom is -0.307 e. The van der Waals surface area contributed by atoms with Crippen LogP contribution in [0.25, 0.3) is 11.5 Å². The highest BCUT2D eigenvalue weighted by Crippen LogP contribution is 2.15. The van der Waals surface area contributed by atoms with Gasteiger partial charge in [0.15, 0.2) is 5.82 Å². The Morgan fingerprint density at radius 1 is 1.35 bits per heavy atom. The molecule has 0 spiro atoms. The van der Waals surface area contributed by atoms with E-state index in [1.54, 1.807) is 6.20 Å². The molecule has 0 saturated carbocycles. The van der Waals surface area contributed by atoms with Crippen molar-refractivity contribution in [2.75, 3.05) is 0 Å². The number of nitrogens with zero attached hydrogens (tertiary/aromatic N) is 2. The van der Waals surface area contributed by atoms with E-state index < -0.39 is 0 Å². The normalized spacial score (nSPS) is 13.7. The van der Waals surface area contributed by atoms with Gasteiger partial charge in [0, 0.05) is 19.3 Å². The van der Waals surface area contributed by atoms with Crippen molar-refractivity contribution in [1.29, 1.82) is 0 Å². The maximum absolute atomic E-state index is 11.8. The van der Waals surface area contributed by atoms with Crippen LogP contribution in [0.3, 0.4) is 0 Å². The molecule has 17 heavy (non-hydrogen) atoms. The molecule has 0 fully saturated rings. The smallest absolute Gasteiger partial charge is 0.256 e. The lowest BCUT2D eigenvalue weighted by molar-refractivity contribution is 0.757. The summed E-state index contributed by atoms with van der Waals surface area (Å²) in [5, 5.41) is 3.12. The number of pyridine rings is 1. The van der Waals surface area contributed by atoms with Crippen LogP contribution in [0, 0.1) is 6.92 Å². The first-order chi connectivity index (χ1) is 8.24. The van der Waals surface area contributed by atoms with Crippen LogP contribution < -0.4 is 10.9 Å². The van der Waals surface area contributed by atoms with Crippen molar-refractivity contribution in [3.8, 4) is 11.5 Å². The lowest BCUT2D eigenvalue weighted by Crippen LogP contribution is -2.16. The Hall–Kier alpha value is -2.01. The maximum Gasteiger partial charge on any atom is 0.256 e. The molecule has 0 unspecified atom stereocenters. The zero-order valence-corrected chi connectivity index (χ0v) is 9.45. The van der Waals surface area contributed by atoms with Crippen molar-refractivity contribution in [3.05, 3.63) is 45.5 Å². The van der Waals surface area contributed by atoms with Gasteiger partial charge in [-0.05, 0) is 24.6 Å². The standard InChI is InChI=1S/C12H12N4O/c1-7-2-3-14-9(4-7)11-15-10-6-13-5-8(10)12(17)16-11/h2-4,13H,5-6H2,1H3,(H,15,16,17). The van der Waals surface area contributed by atoms with Crippen LogP contribution >= 0.6 is 0 Å². The lowest BCUT2D eigenvalue weighted by atomic mass is 10.2. The van der Waals surface area contributed by atoms with E-state index in [4.69, 9.17) is 0 Å². The summed E-state index contributed by atoms with van der Waals surface area (Å²) in [4.78, 5) is 23.3. The Morgan fingerprint density at radius 3 is 3.06 bits per heavy atom. The fourth-order valence-electron chi connectivity index (χ4n) is 1.97. The number of aromatic amines is 1. The molecule has 86 valence electrons. The zero-order chi connectivity index (χ0) is 11.8. The molecule has 1 aliphatic rings. The molecule has 0 aliphatic carbocycles. The van der Waals surface area contributed by atoms with E-state index in [1.807, 2.05) is 19.1 Å². The van der Waals surface area contributed by atoms with Crippen molar-refractivity contribution >= 4 is 0 Å². The molecule has 3 rings (SSSR count). The third kappa shape index (κ3) is 1.74. The second kappa shape index (κ2) is 3.78. The molecular weight excluding hydrogens is 216 g/mol. The summed E-state index contributed by atoms with van der Waals surface area (Å²) in [7, 11) is 0. The van der Waals surface area contributed by atoms with Gasteiger partial charge in [0.1, 0.15) is 5.69 Å². The zero-order valence-electron chi connectivity index (χ0n) is 9.45. The van der Waals surface area contributed by atoms with Gasteiger partial charge < -0.3 is 10.3 Å². The number of H-pyrrole nitrogens is 1. The van der Waals surface area contributed by atoms with Crippen molar-refractivity contribution in [2.24, 2.45) is 0 Å². The number of hydrogen-bond donors (Lipinski definition) is 2. The first kappa shape index (κ1) is 10.2. The molecule has 0 aromatic carbocycles. The quantitative estimate of drug-likeness (QED) is 0.755. The van der Waals surface area contributed by atoms with Crippen LogP contribution in [0.4, 0.5) is 0 Å². The predicted octanol–water partition coefficient (Wildman–Crippen LogP) is 0.744. The maximum atomic E-state index is 11.8. The van der Waals surface area contributed by atoms with Gasteiger partial charge in [-0.15, -0.1) is 0 Å². The average Bonchev–Trinajstić information content (AvgIpc) is 2.77. The van der Waals surface area contributed by atoms with E-state index in [2.05, 4.69) is 20.3 Å². The molecule has 5 nitrogen and oxygen atoms in total. The van der Waals surface area contributed by atoms with Crippen molar-refractivity contribution in [3.63, 3.8) is 0 Å². The molecule has 5 heteroatoms. The Balaban J connectivity index is 2.16. The van der Waals surface area contributed by atoms with Gasteiger partial charge in [-0.1, -0.05) is 0 Å². The molecule has 2 N–H and O–H groups in total. The SMILES string of the molecule is Cc1ccnc(-c2nc3c(c(=O)[nH]2)CNC3)c1. The summed E-state index contributed by atoms with van der Waals surface area (Å²) in [5.74, 6) is 0.543. The Kier molecular flexibility index (Phi) is 2.26. The number of hydrogen-bond acceptors (Lipinski definition) is 4. The second-order valence-corrected chi connectivity index (χ2v) is 4.16. The highest BCUT2D eigenvalue weighted by molar-refractivity contribution is 5.50. The van der Waals surface area contributed by atoms with Gasteiger partial charge in [0.2, 0.25) is 0 Å². The van der Waals surface area contributed by atoms with Crippen molar-refractivity contribution in [1.82, 2.24) is 20.3 Å². The second-order valence-electron chi connectivity index (χ2n) is 4.16. The third-order valence-electron chi connectivity index (χ3n) is 2.85. The highest BCUT2D eigenvalue weighted by atomic mass is 16.1. The summed E-state index contributed by atoms with van der Waals surface area (Å²) in [5.41, 5.74) is 3.29. The summed E-state index contributed by atoms with van der Waals surface area (Å²) in [6.45, 7) is 3.23. The van der Waals surface area contributed by atoms with E-state index >= 15 is 0 Å². The van der Waals surface area contributed by atoms with Gasteiger partial charge in [0.05, 0.1) is 11.3 Å². The summed E-state index contributed by atoms with van der Waals surface area (Å²) in [6, 6.07) is 3.82. The van der Waals surface area contributed by atoms with Crippen LogP contribution in [0.15, 0.2) is 23.1 Å².